The number of hydrogen-bond acceptors (Lipinski definition) is 5. The molecule has 0 spiro atoms. The molecule has 2 aromatic carbocycles. The SMILES string of the molecule is Cc1ccc(S(=O)(=O)N(C)CC(=O)NCc2cccc(NC(=O)c3ccco3)c2)cc1. The van der Waals surface area contributed by atoms with Gasteiger partial charge in [0.1, 0.15) is 0 Å². The number of furan rings is 1. The fraction of sp³-hybridized carbons (Fsp3) is 0.182. The van der Waals surface area contributed by atoms with Crippen molar-refractivity contribution in [2.75, 3.05) is 18.9 Å². The molecule has 0 bridgehead atoms. The van der Waals surface area contributed by atoms with Crippen LogP contribution in [0.1, 0.15) is 21.7 Å². The van der Waals surface area contributed by atoms with Crippen molar-refractivity contribution in [3.8, 4) is 0 Å². The van der Waals surface area contributed by atoms with Crippen LogP contribution in [0, 0.1) is 6.92 Å². The third kappa shape index (κ3) is 5.80. The Kier molecular flexibility index (Phi) is 6.88. The molecule has 0 atom stereocenters. The number of nitrogens with one attached hydrogen (secondary N) is 2. The van der Waals surface area contributed by atoms with Crippen molar-refractivity contribution in [2.45, 2.75) is 18.4 Å². The molecular weight excluding hydrogens is 418 g/mol. The summed E-state index contributed by atoms with van der Waals surface area (Å²) < 4.78 is 31.3. The van der Waals surface area contributed by atoms with Gasteiger partial charge in [-0.1, -0.05) is 29.8 Å². The van der Waals surface area contributed by atoms with Crippen LogP contribution in [0.2, 0.25) is 0 Å². The van der Waals surface area contributed by atoms with Gasteiger partial charge in [-0.15, -0.1) is 0 Å². The summed E-state index contributed by atoms with van der Waals surface area (Å²) in [7, 11) is -2.40. The van der Waals surface area contributed by atoms with Crippen molar-refractivity contribution in [2.24, 2.45) is 0 Å². The zero-order valence-corrected chi connectivity index (χ0v) is 18.0. The molecule has 1 aromatic heterocycles. The van der Waals surface area contributed by atoms with E-state index in [2.05, 4.69) is 10.6 Å². The third-order valence-electron chi connectivity index (χ3n) is 4.51. The Morgan fingerprint density at radius 1 is 1.03 bits per heavy atom. The lowest BCUT2D eigenvalue weighted by Gasteiger charge is -2.17. The van der Waals surface area contributed by atoms with Gasteiger partial charge >= 0.3 is 0 Å². The maximum atomic E-state index is 12.6. The molecule has 9 heteroatoms. The standard InChI is InChI=1S/C22H23N3O5S/c1-16-8-10-19(11-9-16)31(28,29)25(2)15-21(26)23-14-17-5-3-6-18(13-17)24-22(27)20-7-4-12-30-20/h3-13H,14-15H2,1-2H3,(H,23,26)(H,24,27). The van der Waals surface area contributed by atoms with Gasteiger partial charge in [-0.25, -0.2) is 8.42 Å². The molecule has 2 N–H and O–H groups in total. The van der Waals surface area contributed by atoms with Crippen LogP contribution in [-0.2, 0) is 21.4 Å². The third-order valence-corrected chi connectivity index (χ3v) is 6.33. The van der Waals surface area contributed by atoms with Crippen molar-refractivity contribution in [3.05, 3.63) is 83.8 Å². The second-order valence-corrected chi connectivity index (χ2v) is 9.03. The molecule has 3 rings (SSSR count). The van der Waals surface area contributed by atoms with Gasteiger partial charge in [0.05, 0.1) is 17.7 Å². The second-order valence-electron chi connectivity index (χ2n) is 6.98. The molecule has 31 heavy (non-hydrogen) atoms. The number of sulfonamides is 1. The summed E-state index contributed by atoms with van der Waals surface area (Å²) in [5.74, 6) is -0.631. The first-order valence-electron chi connectivity index (χ1n) is 9.49. The van der Waals surface area contributed by atoms with E-state index in [1.807, 2.05) is 6.92 Å². The number of nitrogens with zero attached hydrogens (tertiary/aromatic N) is 1. The van der Waals surface area contributed by atoms with Crippen molar-refractivity contribution in [1.82, 2.24) is 9.62 Å². The molecule has 162 valence electrons. The molecule has 1 heterocycles. The van der Waals surface area contributed by atoms with E-state index >= 15 is 0 Å². The van der Waals surface area contributed by atoms with Gasteiger partial charge in [0.15, 0.2) is 5.76 Å². The first-order valence-corrected chi connectivity index (χ1v) is 10.9. The smallest absolute Gasteiger partial charge is 0.291 e. The largest absolute Gasteiger partial charge is 0.459 e. The molecule has 0 fully saturated rings. The number of aryl methyl sites for hydroxylation is 1. The number of anilines is 1. The van der Waals surface area contributed by atoms with E-state index in [0.29, 0.717) is 5.69 Å². The van der Waals surface area contributed by atoms with Crippen LogP contribution in [0.25, 0.3) is 0 Å². The van der Waals surface area contributed by atoms with Crippen molar-refractivity contribution in [1.29, 1.82) is 0 Å². The topological polar surface area (TPSA) is 109 Å². The molecule has 0 unspecified atom stereocenters. The van der Waals surface area contributed by atoms with E-state index in [0.717, 1.165) is 15.4 Å². The molecule has 3 aromatic rings. The minimum Gasteiger partial charge on any atom is -0.459 e. The Labute approximate surface area is 180 Å². The maximum absolute atomic E-state index is 12.6. The first-order chi connectivity index (χ1) is 14.8. The van der Waals surface area contributed by atoms with Crippen molar-refractivity contribution < 1.29 is 22.4 Å². The monoisotopic (exact) mass is 441 g/mol. The van der Waals surface area contributed by atoms with E-state index < -0.39 is 15.9 Å². The fourth-order valence-corrected chi connectivity index (χ4v) is 3.92. The number of hydrogen-bond donors (Lipinski definition) is 2. The summed E-state index contributed by atoms with van der Waals surface area (Å²) >= 11 is 0. The van der Waals surface area contributed by atoms with Gasteiger partial charge in [0.25, 0.3) is 5.91 Å². The summed E-state index contributed by atoms with van der Waals surface area (Å²) in [4.78, 5) is 24.5. The molecule has 0 aliphatic heterocycles. The number of likely N-dealkylation sites (N-methyl/N-ethyl adjacent to an activating group) is 1. The summed E-state index contributed by atoms with van der Waals surface area (Å²) in [6.45, 7) is 1.73. The lowest BCUT2D eigenvalue weighted by molar-refractivity contribution is -0.121. The molecule has 8 nitrogen and oxygen atoms in total. The van der Waals surface area contributed by atoms with E-state index in [1.54, 1.807) is 48.5 Å². The van der Waals surface area contributed by atoms with E-state index in [-0.39, 0.29) is 29.7 Å². The lowest BCUT2D eigenvalue weighted by atomic mass is 10.2. The fourth-order valence-electron chi connectivity index (χ4n) is 2.79. The van der Waals surface area contributed by atoms with Crippen LogP contribution < -0.4 is 10.6 Å². The van der Waals surface area contributed by atoms with Crippen molar-refractivity contribution in [3.63, 3.8) is 0 Å². The van der Waals surface area contributed by atoms with E-state index in [1.165, 1.54) is 25.4 Å². The number of rotatable bonds is 8. The number of amides is 2. The summed E-state index contributed by atoms with van der Waals surface area (Å²) in [6.07, 6.45) is 1.41. The molecule has 0 saturated heterocycles. The zero-order chi connectivity index (χ0) is 22.4. The Morgan fingerprint density at radius 2 is 1.77 bits per heavy atom. The summed E-state index contributed by atoms with van der Waals surface area (Å²) in [6, 6.07) is 16.6. The van der Waals surface area contributed by atoms with E-state index in [9.17, 15) is 18.0 Å². The van der Waals surface area contributed by atoms with Gasteiger partial charge in [0.2, 0.25) is 15.9 Å². The van der Waals surface area contributed by atoms with Gasteiger partial charge in [0, 0.05) is 19.3 Å². The van der Waals surface area contributed by atoms with Crippen LogP contribution in [0.15, 0.2) is 76.2 Å². The first kappa shape index (κ1) is 22.3. The Morgan fingerprint density at radius 3 is 2.45 bits per heavy atom. The minimum atomic E-state index is -3.76. The summed E-state index contributed by atoms with van der Waals surface area (Å²) in [5.41, 5.74) is 2.24. The van der Waals surface area contributed by atoms with Crippen LogP contribution in [0.4, 0.5) is 5.69 Å². The highest BCUT2D eigenvalue weighted by Crippen LogP contribution is 2.15. The molecule has 0 aliphatic rings. The van der Waals surface area contributed by atoms with Crippen molar-refractivity contribution >= 4 is 27.5 Å². The lowest BCUT2D eigenvalue weighted by Crippen LogP contribution is -2.38. The normalized spacial score (nSPS) is 11.3. The molecule has 0 aliphatic carbocycles. The molecule has 0 radical (unpaired) electrons. The van der Waals surface area contributed by atoms with Gasteiger partial charge in [-0.2, -0.15) is 4.31 Å². The van der Waals surface area contributed by atoms with Crippen LogP contribution >= 0.6 is 0 Å². The number of benzene rings is 2. The average molecular weight is 442 g/mol. The number of carbonyl (C=O) groups is 2. The Balaban J connectivity index is 1.55. The maximum Gasteiger partial charge on any atom is 0.291 e. The predicted molar refractivity (Wildman–Crippen MR) is 116 cm³/mol. The second kappa shape index (κ2) is 9.59. The highest BCUT2D eigenvalue weighted by Gasteiger charge is 2.22. The Bertz CT molecular complexity index is 1160. The van der Waals surface area contributed by atoms with Gasteiger partial charge in [-0.3, -0.25) is 9.59 Å². The van der Waals surface area contributed by atoms with E-state index in [4.69, 9.17) is 4.42 Å². The molecule has 2 amide bonds. The van der Waals surface area contributed by atoms with Crippen LogP contribution in [0.5, 0.6) is 0 Å². The number of carbonyl (C=O) groups excluding carboxylic acids is 2. The van der Waals surface area contributed by atoms with Crippen LogP contribution in [-0.4, -0.2) is 38.1 Å². The molecular formula is C22H23N3O5S. The minimum absolute atomic E-state index is 0.133. The summed E-state index contributed by atoms with van der Waals surface area (Å²) in [5, 5.41) is 5.41. The highest BCUT2D eigenvalue weighted by atomic mass is 32.2. The Hall–Kier alpha value is -3.43. The highest BCUT2D eigenvalue weighted by molar-refractivity contribution is 7.89. The molecule has 0 saturated carbocycles. The average Bonchev–Trinajstić information content (AvgIpc) is 3.28. The van der Waals surface area contributed by atoms with Gasteiger partial charge < -0.3 is 15.1 Å². The van der Waals surface area contributed by atoms with Gasteiger partial charge in [-0.05, 0) is 48.9 Å². The quantitative estimate of drug-likeness (QED) is 0.559. The van der Waals surface area contributed by atoms with Crippen LogP contribution in [0.3, 0.4) is 0 Å². The predicted octanol–water partition coefficient (Wildman–Crippen LogP) is 2.78. The zero-order valence-electron chi connectivity index (χ0n) is 17.2.